The maximum absolute atomic E-state index is 13.4. The molecule has 0 fully saturated rings. The van der Waals surface area contributed by atoms with Crippen LogP contribution in [0.2, 0.25) is 0 Å². The van der Waals surface area contributed by atoms with Crippen LogP contribution in [0.4, 0.5) is 8.78 Å². The Labute approximate surface area is 247 Å². The molecular formula is C36H24F2O5. The van der Waals surface area contributed by atoms with Crippen LogP contribution in [0.1, 0.15) is 0 Å². The minimum absolute atomic E-state index is 0.351. The van der Waals surface area contributed by atoms with E-state index in [1.54, 1.807) is 72.8 Å². The van der Waals surface area contributed by atoms with Crippen molar-refractivity contribution in [1.82, 2.24) is 0 Å². The van der Waals surface area contributed by atoms with E-state index in [1.807, 2.05) is 48.5 Å². The molecule has 6 aromatic rings. The Kier molecular flexibility index (Phi) is 8.13. The lowest BCUT2D eigenvalue weighted by molar-refractivity contribution is 0.375. The number of para-hydroxylation sites is 8. The summed E-state index contributed by atoms with van der Waals surface area (Å²) in [6.07, 6.45) is 0. The van der Waals surface area contributed by atoms with Crippen LogP contribution in [-0.2, 0) is 0 Å². The van der Waals surface area contributed by atoms with E-state index in [2.05, 4.69) is 0 Å². The minimum Gasteiger partial charge on any atom is -0.453 e. The van der Waals surface area contributed by atoms with Gasteiger partial charge in [0, 0.05) is 0 Å². The zero-order valence-corrected chi connectivity index (χ0v) is 22.7. The van der Waals surface area contributed by atoms with E-state index in [4.69, 9.17) is 23.7 Å². The molecule has 0 aliphatic heterocycles. The van der Waals surface area contributed by atoms with Crippen molar-refractivity contribution in [3.05, 3.63) is 157 Å². The molecule has 0 atom stereocenters. The average Bonchev–Trinajstić information content (AvgIpc) is 3.03. The first-order chi connectivity index (χ1) is 21.1. The Morgan fingerprint density at radius 3 is 0.698 bits per heavy atom. The lowest BCUT2D eigenvalue weighted by Crippen LogP contribution is -1.95. The molecule has 0 radical (unpaired) electrons. The summed E-state index contributed by atoms with van der Waals surface area (Å²) in [4.78, 5) is 0. The van der Waals surface area contributed by atoms with E-state index in [9.17, 15) is 8.78 Å². The van der Waals surface area contributed by atoms with Crippen molar-refractivity contribution < 1.29 is 32.5 Å². The van der Waals surface area contributed by atoms with Gasteiger partial charge in [-0.05, 0) is 97.1 Å². The molecule has 0 N–H and O–H groups in total. The molecule has 212 valence electrons. The topological polar surface area (TPSA) is 46.2 Å². The van der Waals surface area contributed by atoms with Crippen LogP contribution in [-0.4, -0.2) is 0 Å². The Morgan fingerprint density at radius 1 is 0.256 bits per heavy atom. The highest BCUT2D eigenvalue weighted by Crippen LogP contribution is 2.43. The Hall–Kier alpha value is -5.82. The van der Waals surface area contributed by atoms with Crippen LogP contribution < -0.4 is 23.7 Å². The normalized spacial score (nSPS) is 10.6. The molecule has 0 amide bonds. The Bertz CT molecular complexity index is 1690. The summed E-state index contributed by atoms with van der Waals surface area (Å²) in [5, 5.41) is 0. The van der Waals surface area contributed by atoms with Gasteiger partial charge in [0.1, 0.15) is 23.1 Å². The predicted molar refractivity (Wildman–Crippen MR) is 159 cm³/mol. The summed E-state index contributed by atoms with van der Waals surface area (Å²) < 4.78 is 57.5. The van der Waals surface area contributed by atoms with Gasteiger partial charge in [-0.2, -0.15) is 0 Å². The minimum atomic E-state index is -0.351. The molecule has 0 saturated heterocycles. The second kappa shape index (κ2) is 12.8. The van der Waals surface area contributed by atoms with Gasteiger partial charge in [0.25, 0.3) is 0 Å². The number of rotatable bonds is 10. The molecule has 0 aromatic heterocycles. The van der Waals surface area contributed by atoms with Crippen LogP contribution >= 0.6 is 0 Å². The van der Waals surface area contributed by atoms with Gasteiger partial charge in [0.05, 0.1) is 0 Å². The monoisotopic (exact) mass is 574 g/mol. The van der Waals surface area contributed by atoms with Crippen molar-refractivity contribution in [2.24, 2.45) is 0 Å². The highest BCUT2D eigenvalue weighted by molar-refractivity contribution is 5.53. The molecule has 6 aromatic carbocycles. The van der Waals surface area contributed by atoms with Crippen molar-refractivity contribution in [2.75, 3.05) is 0 Å². The third kappa shape index (κ3) is 6.92. The van der Waals surface area contributed by atoms with Crippen molar-refractivity contribution in [2.45, 2.75) is 0 Å². The first-order valence-electron chi connectivity index (χ1n) is 13.4. The first kappa shape index (κ1) is 27.4. The number of halogens is 2. The van der Waals surface area contributed by atoms with E-state index >= 15 is 0 Å². The zero-order valence-electron chi connectivity index (χ0n) is 22.7. The van der Waals surface area contributed by atoms with Crippen LogP contribution in [0.3, 0.4) is 0 Å². The molecule has 5 nitrogen and oxygen atoms in total. The van der Waals surface area contributed by atoms with E-state index in [0.717, 1.165) is 0 Å². The molecule has 43 heavy (non-hydrogen) atoms. The lowest BCUT2D eigenvalue weighted by atomic mass is 10.2. The quantitative estimate of drug-likeness (QED) is 0.163. The molecule has 0 aliphatic carbocycles. The molecule has 0 spiro atoms. The molecule has 7 heteroatoms. The van der Waals surface area contributed by atoms with E-state index in [1.165, 1.54) is 24.3 Å². The summed E-state index contributed by atoms with van der Waals surface area (Å²) in [5.41, 5.74) is 0. The predicted octanol–water partition coefficient (Wildman–Crippen LogP) is 10.9. The van der Waals surface area contributed by atoms with Gasteiger partial charge >= 0.3 is 0 Å². The van der Waals surface area contributed by atoms with Gasteiger partial charge in [-0.15, -0.1) is 0 Å². The van der Waals surface area contributed by atoms with Gasteiger partial charge in [-0.3, -0.25) is 0 Å². The second-order valence-corrected chi connectivity index (χ2v) is 9.21. The SMILES string of the molecule is Fc1ccc(Oc2ccccc2Oc2ccccc2Oc2ccccc2Oc2ccccc2Oc2ccc(F)cc2)cc1. The number of hydrogen-bond donors (Lipinski definition) is 0. The lowest BCUT2D eigenvalue weighted by Gasteiger charge is -2.17. The fourth-order valence-corrected chi connectivity index (χ4v) is 4.09. The smallest absolute Gasteiger partial charge is 0.170 e. The standard InChI is InChI=1S/C36H24F2O5/c37-25-17-21-27(22-18-25)39-29-9-1-3-11-31(29)41-33-13-5-7-15-35(33)43-36-16-8-6-14-34(36)42-32-12-4-2-10-30(32)40-28-23-19-26(38)20-24-28/h1-24H. The highest BCUT2D eigenvalue weighted by Gasteiger charge is 2.15. The highest BCUT2D eigenvalue weighted by atomic mass is 19.1. The molecule has 0 heterocycles. The van der Waals surface area contributed by atoms with E-state index < -0.39 is 0 Å². The van der Waals surface area contributed by atoms with Gasteiger partial charge < -0.3 is 23.7 Å². The van der Waals surface area contributed by atoms with Crippen molar-refractivity contribution in [3.8, 4) is 57.5 Å². The summed E-state index contributed by atoms with van der Waals surface area (Å²) in [6.45, 7) is 0. The largest absolute Gasteiger partial charge is 0.453 e. The van der Waals surface area contributed by atoms with Crippen molar-refractivity contribution >= 4 is 0 Å². The van der Waals surface area contributed by atoms with Crippen molar-refractivity contribution in [1.29, 1.82) is 0 Å². The fraction of sp³-hybridized carbons (Fsp3) is 0. The van der Waals surface area contributed by atoms with Crippen LogP contribution in [0.5, 0.6) is 57.5 Å². The third-order valence-corrected chi connectivity index (χ3v) is 6.14. The summed E-state index contributed by atoms with van der Waals surface area (Å²) in [7, 11) is 0. The molecule has 0 unspecified atom stereocenters. The van der Waals surface area contributed by atoms with Crippen LogP contribution in [0.25, 0.3) is 0 Å². The number of hydrogen-bond acceptors (Lipinski definition) is 5. The van der Waals surface area contributed by atoms with Gasteiger partial charge in [0.15, 0.2) is 46.0 Å². The zero-order chi connectivity index (χ0) is 29.4. The number of ether oxygens (including phenoxy) is 5. The summed E-state index contributed by atoms with van der Waals surface area (Å²) >= 11 is 0. The van der Waals surface area contributed by atoms with Crippen LogP contribution in [0, 0.1) is 11.6 Å². The van der Waals surface area contributed by atoms with Gasteiger partial charge in [0.2, 0.25) is 0 Å². The van der Waals surface area contributed by atoms with Crippen molar-refractivity contribution in [3.63, 3.8) is 0 Å². The maximum atomic E-state index is 13.4. The molecule has 6 rings (SSSR count). The van der Waals surface area contributed by atoms with Gasteiger partial charge in [-0.1, -0.05) is 48.5 Å². The average molecular weight is 575 g/mol. The van der Waals surface area contributed by atoms with E-state index in [0.29, 0.717) is 57.5 Å². The maximum Gasteiger partial charge on any atom is 0.170 e. The summed E-state index contributed by atoms with van der Waals surface area (Å²) in [5.74, 6) is 3.77. The molecular weight excluding hydrogens is 550 g/mol. The second-order valence-electron chi connectivity index (χ2n) is 9.21. The Morgan fingerprint density at radius 2 is 0.465 bits per heavy atom. The molecule has 0 saturated carbocycles. The number of benzene rings is 6. The third-order valence-electron chi connectivity index (χ3n) is 6.14. The van der Waals surface area contributed by atoms with E-state index in [-0.39, 0.29) is 11.6 Å². The Balaban J connectivity index is 1.23. The molecule has 0 aliphatic rings. The molecule has 0 bridgehead atoms. The summed E-state index contributed by atoms with van der Waals surface area (Å²) in [6, 6.07) is 40.3. The first-order valence-corrected chi connectivity index (χ1v) is 13.4. The fourth-order valence-electron chi connectivity index (χ4n) is 4.09. The van der Waals surface area contributed by atoms with Gasteiger partial charge in [-0.25, -0.2) is 8.78 Å². The van der Waals surface area contributed by atoms with Crippen LogP contribution in [0.15, 0.2) is 146 Å².